The third-order valence-electron chi connectivity index (χ3n) is 5.25. The number of morpholine rings is 1. The Labute approximate surface area is 168 Å². The molecular formula is C19H26N6O2S. The van der Waals surface area contributed by atoms with Crippen molar-refractivity contribution in [1.29, 1.82) is 0 Å². The van der Waals surface area contributed by atoms with Crippen LogP contribution in [0.15, 0.2) is 28.4 Å². The summed E-state index contributed by atoms with van der Waals surface area (Å²) in [7, 11) is 0. The van der Waals surface area contributed by atoms with E-state index in [9.17, 15) is 4.79 Å². The van der Waals surface area contributed by atoms with Crippen LogP contribution < -0.4 is 10.5 Å². The molecule has 0 aromatic carbocycles. The van der Waals surface area contributed by atoms with Crippen LogP contribution in [0, 0.1) is 0 Å². The van der Waals surface area contributed by atoms with Gasteiger partial charge in [0.05, 0.1) is 18.9 Å². The van der Waals surface area contributed by atoms with Gasteiger partial charge in [-0.2, -0.15) is 0 Å². The molecule has 150 valence electrons. The quantitative estimate of drug-likeness (QED) is 0.595. The minimum Gasteiger partial charge on any atom is -0.378 e. The van der Waals surface area contributed by atoms with Crippen molar-refractivity contribution in [2.75, 3.05) is 50.5 Å². The van der Waals surface area contributed by atoms with Gasteiger partial charge in [-0.25, -0.2) is 15.0 Å². The number of piperidine rings is 1. The first-order valence-electron chi connectivity index (χ1n) is 9.72. The number of ether oxygens (including phenoxy) is 1. The highest BCUT2D eigenvalue weighted by atomic mass is 32.2. The van der Waals surface area contributed by atoms with Crippen LogP contribution in [0.3, 0.4) is 0 Å². The molecule has 8 nitrogen and oxygen atoms in total. The van der Waals surface area contributed by atoms with E-state index in [0.717, 1.165) is 62.0 Å². The lowest BCUT2D eigenvalue weighted by Crippen LogP contribution is -2.39. The summed E-state index contributed by atoms with van der Waals surface area (Å²) >= 11 is 1.55. The fourth-order valence-electron chi connectivity index (χ4n) is 3.83. The predicted octanol–water partition coefficient (Wildman–Crippen LogP) is 1.50. The number of aromatic nitrogens is 4. The van der Waals surface area contributed by atoms with Gasteiger partial charge in [0.25, 0.3) is 5.56 Å². The molecule has 2 fully saturated rings. The average molecular weight is 403 g/mol. The Morgan fingerprint density at radius 3 is 2.79 bits per heavy atom. The van der Waals surface area contributed by atoms with E-state index in [0.29, 0.717) is 19.2 Å². The van der Waals surface area contributed by atoms with Crippen molar-refractivity contribution >= 4 is 17.7 Å². The summed E-state index contributed by atoms with van der Waals surface area (Å²) in [4.78, 5) is 33.2. The number of rotatable bonds is 5. The van der Waals surface area contributed by atoms with Gasteiger partial charge in [-0.1, -0.05) is 11.8 Å². The molecule has 2 aliphatic rings. The van der Waals surface area contributed by atoms with Gasteiger partial charge in [0.2, 0.25) is 5.95 Å². The van der Waals surface area contributed by atoms with Crippen LogP contribution in [0.5, 0.6) is 0 Å². The zero-order valence-electron chi connectivity index (χ0n) is 16.1. The number of H-pyrrole nitrogens is 1. The molecule has 2 aliphatic heterocycles. The number of hydrogen-bond donors (Lipinski definition) is 1. The van der Waals surface area contributed by atoms with E-state index in [1.807, 2.05) is 18.6 Å². The number of thioether (sulfide) groups is 1. The Hall–Kier alpha value is -1.97. The standard InChI is InChI=1S/C19H26N6O2S/c1-28-19-20-10-14(11-21-19)12-24-4-2-3-15(13-24)16-9-17(26)23-18(22-16)25-5-7-27-8-6-25/h9-11,15H,2-8,12-13H2,1H3,(H,22,23,26)/t15-/m0/s1. The SMILES string of the molecule is CSc1ncc(CN2CCC[C@H](c3cc(=O)[nH]c(N4CCOCC4)n3)C2)cn1. The van der Waals surface area contributed by atoms with E-state index in [1.54, 1.807) is 17.8 Å². The molecule has 0 unspecified atom stereocenters. The van der Waals surface area contributed by atoms with E-state index >= 15 is 0 Å². The van der Waals surface area contributed by atoms with Crippen LogP contribution in [0.4, 0.5) is 5.95 Å². The summed E-state index contributed by atoms with van der Waals surface area (Å²) in [6.45, 7) is 5.61. The Balaban J connectivity index is 1.46. The molecule has 4 heterocycles. The number of hydrogen-bond acceptors (Lipinski definition) is 8. The normalized spacial score (nSPS) is 21.0. The van der Waals surface area contributed by atoms with Gasteiger partial charge in [-0.05, 0) is 25.6 Å². The molecule has 0 aliphatic carbocycles. The molecule has 2 aromatic rings. The molecule has 28 heavy (non-hydrogen) atoms. The lowest BCUT2D eigenvalue weighted by Gasteiger charge is -2.33. The van der Waals surface area contributed by atoms with E-state index in [-0.39, 0.29) is 11.5 Å². The second-order valence-corrected chi connectivity index (χ2v) is 8.02. The van der Waals surface area contributed by atoms with E-state index < -0.39 is 0 Å². The first-order valence-corrected chi connectivity index (χ1v) is 10.9. The minimum absolute atomic E-state index is 0.0790. The highest BCUT2D eigenvalue weighted by molar-refractivity contribution is 7.98. The van der Waals surface area contributed by atoms with Crippen molar-refractivity contribution in [3.63, 3.8) is 0 Å². The van der Waals surface area contributed by atoms with Crippen molar-refractivity contribution < 1.29 is 4.74 Å². The first kappa shape index (κ1) is 19.4. The van der Waals surface area contributed by atoms with E-state index in [2.05, 4.69) is 24.8 Å². The number of likely N-dealkylation sites (tertiary alicyclic amines) is 1. The summed E-state index contributed by atoms with van der Waals surface area (Å²) in [5.41, 5.74) is 1.93. The first-order chi connectivity index (χ1) is 13.7. The van der Waals surface area contributed by atoms with Crippen LogP contribution in [-0.4, -0.2) is 70.5 Å². The van der Waals surface area contributed by atoms with Crippen molar-refractivity contribution in [2.24, 2.45) is 0 Å². The van der Waals surface area contributed by atoms with Crippen LogP contribution in [0.2, 0.25) is 0 Å². The molecular weight excluding hydrogens is 376 g/mol. The maximum atomic E-state index is 12.2. The summed E-state index contributed by atoms with van der Waals surface area (Å²) in [6.07, 6.45) is 7.94. The van der Waals surface area contributed by atoms with Gasteiger partial charge in [-0.15, -0.1) is 0 Å². The van der Waals surface area contributed by atoms with E-state index in [4.69, 9.17) is 9.72 Å². The van der Waals surface area contributed by atoms with Gasteiger partial charge in [0, 0.05) is 56.1 Å². The molecule has 2 saturated heterocycles. The van der Waals surface area contributed by atoms with Crippen LogP contribution in [0.1, 0.15) is 30.0 Å². The Kier molecular flexibility index (Phi) is 6.23. The highest BCUT2D eigenvalue weighted by Crippen LogP contribution is 2.27. The zero-order valence-corrected chi connectivity index (χ0v) is 17.0. The number of nitrogens with zero attached hydrogens (tertiary/aromatic N) is 5. The summed E-state index contributed by atoms with van der Waals surface area (Å²) in [5.74, 6) is 0.936. The average Bonchev–Trinajstić information content (AvgIpc) is 2.75. The summed E-state index contributed by atoms with van der Waals surface area (Å²) in [6, 6.07) is 1.66. The molecule has 2 aromatic heterocycles. The van der Waals surface area contributed by atoms with Crippen molar-refractivity contribution in [2.45, 2.75) is 30.5 Å². The maximum Gasteiger partial charge on any atom is 0.252 e. The van der Waals surface area contributed by atoms with Crippen LogP contribution in [-0.2, 0) is 11.3 Å². The van der Waals surface area contributed by atoms with Crippen LogP contribution >= 0.6 is 11.8 Å². The second kappa shape index (κ2) is 9.02. The third-order valence-corrected chi connectivity index (χ3v) is 5.83. The van der Waals surface area contributed by atoms with Gasteiger partial charge in [-0.3, -0.25) is 14.7 Å². The Bertz CT molecular complexity index is 837. The number of anilines is 1. The fraction of sp³-hybridized carbons (Fsp3) is 0.579. The van der Waals surface area contributed by atoms with Crippen molar-refractivity contribution in [3.05, 3.63) is 40.1 Å². The molecule has 0 saturated carbocycles. The fourth-order valence-corrected chi connectivity index (χ4v) is 4.14. The molecule has 0 spiro atoms. The van der Waals surface area contributed by atoms with Crippen LogP contribution in [0.25, 0.3) is 0 Å². The molecule has 0 bridgehead atoms. The van der Waals surface area contributed by atoms with Crippen molar-refractivity contribution in [1.82, 2.24) is 24.8 Å². The summed E-state index contributed by atoms with van der Waals surface area (Å²) in [5, 5.41) is 0.795. The Morgan fingerprint density at radius 2 is 2.04 bits per heavy atom. The van der Waals surface area contributed by atoms with Gasteiger partial charge in [0.15, 0.2) is 5.16 Å². The molecule has 0 radical (unpaired) electrons. The lowest BCUT2D eigenvalue weighted by atomic mass is 9.94. The van der Waals surface area contributed by atoms with Crippen molar-refractivity contribution in [3.8, 4) is 0 Å². The molecule has 9 heteroatoms. The van der Waals surface area contributed by atoms with Gasteiger partial charge in [0.1, 0.15) is 0 Å². The third kappa shape index (κ3) is 4.71. The van der Waals surface area contributed by atoms with Gasteiger partial charge < -0.3 is 9.64 Å². The van der Waals surface area contributed by atoms with Gasteiger partial charge >= 0.3 is 0 Å². The Morgan fingerprint density at radius 1 is 1.25 bits per heavy atom. The smallest absolute Gasteiger partial charge is 0.252 e. The molecule has 0 amide bonds. The predicted molar refractivity (Wildman–Crippen MR) is 109 cm³/mol. The molecule has 4 rings (SSSR count). The number of nitrogens with one attached hydrogen (secondary N) is 1. The topological polar surface area (TPSA) is 87.2 Å². The maximum absolute atomic E-state index is 12.2. The monoisotopic (exact) mass is 402 g/mol. The lowest BCUT2D eigenvalue weighted by molar-refractivity contribution is 0.122. The largest absolute Gasteiger partial charge is 0.378 e. The molecule has 1 N–H and O–H groups in total. The number of aromatic amines is 1. The summed E-state index contributed by atoms with van der Waals surface area (Å²) < 4.78 is 5.40. The molecule has 1 atom stereocenters. The second-order valence-electron chi connectivity index (χ2n) is 7.25. The minimum atomic E-state index is -0.0790. The zero-order chi connectivity index (χ0) is 19.3. The highest BCUT2D eigenvalue weighted by Gasteiger charge is 2.24. The van der Waals surface area contributed by atoms with E-state index in [1.165, 1.54) is 0 Å².